The number of nitrogens with zero attached hydrogens (tertiary/aromatic N) is 1. The molecule has 1 saturated heterocycles. The highest BCUT2D eigenvalue weighted by molar-refractivity contribution is 9.10. The van der Waals surface area contributed by atoms with Gasteiger partial charge in [0.1, 0.15) is 11.6 Å². The second-order valence-electron chi connectivity index (χ2n) is 6.31. The first-order valence-corrected chi connectivity index (χ1v) is 7.70. The van der Waals surface area contributed by atoms with E-state index >= 15 is 0 Å². The van der Waals surface area contributed by atoms with Crippen molar-refractivity contribution < 1.29 is 8.78 Å². The molecule has 0 aromatic heterocycles. The van der Waals surface area contributed by atoms with Crippen LogP contribution in [0.25, 0.3) is 0 Å². The van der Waals surface area contributed by atoms with Gasteiger partial charge >= 0.3 is 0 Å². The van der Waals surface area contributed by atoms with Crippen LogP contribution in [0.15, 0.2) is 16.6 Å². The van der Waals surface area contributed by atoms with E-state index in [0.29, 0.717) is 4.47 Å². The zero-order valence-corrected chi connectivity index (χ0v) is 13.7. The lowest BCUT2D eigenvalue weighted by Gasteiger charge is -2.42. The van der Waals surface area contributed by atoms with Gasteiger partial charge in [-0.3, -0.25) is 4.90 Å². The fraction of sp³-hybridized carbons (Fsp3) is 0.600. The molecule has 2 nitrogen and oxygen atoms in total. The number of nitrogens with one attached hydrogen (secondary N) is 1. The van der Waals surface area contributed by atoms with Gasteiger partial charge in [-0.15, -0.1) is 0 Å². The van der Waals surface area contributed by atoms with Crippen molar-refractivity contribution in [1.29, 1.82) is 0 Å². The first-order valence-electron chi connectivity index (χ1n) is 6.90. The molecule has 0 bridgehead atoms. The van der Waals surface area contributed by atoms with Gasteiger partial charge in [-0.2, -0.15) is 0 Å². The lowest BCUT2D eigenvalue weighted by molar-refractivity contribution is 0.0803. The summed E-state index contributed by atoms with van der Waals surface area (Å²) in [6.45, 7) is 9.38. The molecule has 0 unspecified atom stereocenters. The van der Waals surface area contributed by atoms with Crippen LogP contribution in [-0.2, 0) is 0 Å². The molecule has 1 aliphatic heterocycles. The summed E-state index contributed by atoms with van der Waals surface area (Å²) >= 11 is 3.17. The number of halogens is 3. The van der Waals surface area contributed by atoms with Crippen molar-refractivity contribution in [1.82, 2.24) is 10.2 Å². The van der Waals surface area contributed by atoms with Gasteiger partial charge in [0.25, 0.3) is 0 Å². The Morgan fingerprint density at radius 3 is 2.35 bits per heavy atom. The standard InChI is InChI=1S/C15H21BrF2N2/c1-15(2,3)14(20-8-6-19-7-9-20)12-11(17)5-4-10(16)13(12)18/h4-5,14,19H,6-9H2,1-3H3/t14-/m1/s1. The minimum Gasteiger partial charge on any atom is -0.314 e. The van der Waals surface area contributed by atoms with Crippen molar-refractivity contribution in [2.45, 2.75) is 26.8 Å². The van der Waals surface area contributed by atoms with E-state index in [9.17, 15) is 8.78 Å². The van der Waals surface area contributed by atoms with Crippen LogP contribution in [0.2, 0.25) is 0 Å². The Hall–Kier alpha value is -0.520. The maximum absolute atomic E-state index is 14.5. The van der Waals surface area contributed by atoms with Crippen molar-refractivity contribution in [2.24, 2.45) is 5.41 Å². The Bertz CT molecular complexity index is 479. The summed E-state index contributed by atoms with van der Waals surface area (Å²) in [7, 11) is 0. The molecule has 1 aromatic rings. The third-order valence-corrected chi connectivity index (χ3v) is 4.30. The average molecular weight is 347 g/mol. The van der Waals surface area contributed by atoms with E-state index in [-0.39, 0.29) is 17.0 Å². The van der Waals surface area contributed by atoms with Crippen molar-refractivity contribution in [2.75, 3.05) is 26.2 Å². The van der Waals surface area contributed by atoms with E-state index in [0.717, 1.165) is 26.2 Å². The minimum absolute atomic E-state index is 0.175. The van der Waals surface area contributed by atoms with Crippen molar-refractivity contribution in [3.05, 3.63) is 33.8 Å². The monoisotopic (exact) mass is 346 g/mol. The van der Waals surface area contributed by atoms with E-state index in [2.05, 4.69) is 26.1 Å². The molecule has 0 aliphatic carbocycles. The molecule has 1 N–H and O–H groups in total. The molecule has 1 aliphatic rings. The summed E-state index contributed by atoms with van der Waals surface area (Å²) in [6, 6.07) is 2.48. The van der Waals surface area contributed by atoms with Crippen LogP contribution in [0.1, 0.15) is 32.4 Å². The molecule has 1 aromatic carbocycles. The fourth-order valence-corrected chi connectivity index (χ4v) is 3.24. The fourth-order valence-electron chi connectivity index (χ4n) is 2.90. The summed E-state index contributed by atoms with van der Waals surface area (Å²) in [5, 5.41) is 3.27. The van der Waals surface area contributed by atoms with E-state index in [1.54, 1.807) is 0 Å². The van der Waals surface area contributed by atoms with Gasteiger partial charge in [0.05, 0.1) is 4.47 Å². The maximum Gasteiger partial charge on any atom is 0.145 e. The number of benzene rings is 1. The third-order valence-electron chi connectivity index (χ3n) is 3.69. The van der Waals surface area contributed by atoms with E-state index in [4.69, 9.17) is 0 Å². The van der Waals surface area contributed by atoms with E-state index in [1.807, 2.05) is 20.8 Å². The molecule has 20 heavy (non-hydrogen) atoms. The average Bonchev–Trinajstić information content (AvgIpc) is 2.39. The van der Waals surface area contributed by atoms with Crippen LogP contribution in [0, 0.1) is 17.0 Å². The molecule has 0 spiro atoms. The molecule has 0 amide bonds. The molecule has 112 valence electrons. The van der Waals surface area contributed by atoms with Gasteiger partial charge in [-0.1, -0.05) is 20.8 Å². The highest BCUT2D eigenvalue weighted by Crippen LogP contribution is 2.41. The summed E-state index contributed by atoms with van der Waals surface area (Å²) < 4.78 is 29.0. The number of piperazine rings is 1. The Morgan fingerprint density at radius 2 is 1.80 bits per heavy atom. The van der Waals surface area contributed by atoms with Crippen LogP contribution in [0.4, 0.5) is 8.78 Å². The van der Waals surface area contributed by atoms with Gasteiger partial charge in [0.15, 0.2) is 0 Å². The predicted molar refractivity (Wildman–Crippen MR) is 80.7 cm³/mol. The van der Waals surface area contributed by atoms with Crippen LogP contribution in [0.3, 0.4) is 0 Å². The predicted octanol–water partition coefficient (Wildman–Crippen LogP) is 3.72. The van der Waals surface area contributed by atoms with Gasteiger partial charge in [-0.25, -0.2) is 8.78 Å². The first kappa shape index (κ1) is 15.9. The minimum atomic E-state index is -0.483. The van der Waals surface area contributed by atoms with Gasteiger partial charge in [0, 0.05) is 37.8 Å². The molecule has 5 heteroatoms. The molecule has 1 atom stereocenters. The Balaban J connectivity index is 2.49. The van der Waals surface area contributed by atoms with Crippen molar-refractivity contribution in [3.8, 4) is 0 Å². The topological polar surface area (TPSA) is 15.3 Å². The van der Waals surface area contributed by atoms with Crippen LogP contribution >= 0.6 is 15.9 Å². The zero-order valence-electron chi connectivity index (χ0n) is 12.1. The molecule has 1 fully saturated rings. The second kappa shape index (κ2) is 6.08. The summed E-state index contributed by atoms with van der Waals surface area (Å²) in [4.78, 5) is 2.17. The molecule has 2 rings (SSSR count). The van der Waals surface area contributed by atoms with Gasteiger partial charge < -0.3 is 5.32 Å². The highest BCUT2D eigenvalue weighted by Gasteiger charge is 2.36. The van der Waals surface area contributed by atoms with E-state index in [1.165, 1.54) is 12.1 Å². The van der Waals surface area contributed by atoms with Crippen LogP contribution < -0.4 is 5.32 Å². The molecule has 0 radical (unpaired) electrons. The summed E-state index contributed by atoms with van der Waals surface area (Å²) in [5.41, 5.74) is -0.0754. The van der Waals surface area contributed by atoms with Crippen LogP contribution in [0.5, 0.6) is 0 Å². The lowest BCUT2D eigenvalue weighted by Crippen LogP contribution is -2.48. The number of hydrogen-bond donors (Lipinski definition) is 1. The number of hydrogen-bond acceptors (Lipinski definition) is 2. The van der Waals surface area contributed by atoms with Crippen LogP contribution in [-0.4, -0.2) is 31.1 Å². The number of rotatable bonds is 2. The molecular formula is C15H21BrF2N2. The Morgan fingerprint density at radius 1 is 1.20 bits per heavy atom. The SMILES string of the molecule is CC(C)(C)[C@@H](c1c(F)ccc(Br)c1F)N1CCNCC1. The maximum atomic E-state index is 14.5. The lowest BCUT2D eigenvalue weighted by atomic mass is 9.80. The highest BCUT2D eigenvalue weighted by atomic mass is 79.9. The van der Waals surface area contributed by atoms with Crippen molar-refractivity contribution in [3.63, 3.8) is 0 Å². The van der Waals surface area contributed by atoms with Gasteiger partial charge in [0.2, 0.25) is 0 Å². The Labute approximate surface area is 127 Å². The first-order chi connectivity index (χ1) is 9.32. The smallest absolute Gasteiger partial charge is 0.145 e. The van der Waals surface area contributed by atoms with Crippen molar-refractivity contribution >= 4 is 15.9 Å². The third kappa shape index (κ3) is 3.21. The molecular weight excluding hydrogens is 326 g/mol. The van der Waals surface area contributed by atoms with E-state index < -0.39 is 11.6 Å². The largest absolute Gasteiger partial charge is 0.314 e. The molecule has 0 saturated carbocycles. The zero-order chi connectivity index (χ0) is 14.9. The normalized spacial score (nSPS) is 19.1. The Kier molecular flexibility index (Phi) is 4.82. The summed E-state index contributed by atoms with van der Waals surface area (Å²) in [6.07, 6.45) is 0. The second-order valence-corrected chi connectivity index (χ2v) is 7.17. The molecule has 1 heterocycles. The summed E-state index contributed by atoms with van der Waals surface area (Å²) in [5.74, 6) is -0.951. The van der Waals surface area contributed by atoms with Gasteiger partial charge in [-0.05, 0) is 33.5 Å². The quantitative estimate of drug-likeness (QED) is 0.821.